The second kappa shape index (κ2) is 3.34. The summed E-state index contributed by atoms with van der Waals surface area (Å²) in [5, 5.41) is 0. The number of hydrogen-bond acceptors (Lipinski definition) is 0. The zero-order valence-corrected chi connectivity index (χ0v) is 9.69. The van der Waals surface area contributed by atoms with Gasteiger partial charge in [-0.05, 0) is 0 Å². The monoisotopic (exact) mass is 408 g/mol. The van der Waals surface area contributed by atoms with Gasteiger partial charge in [0, 0.05) is 22.6 Å². The molecule has 0 aromatic heterocycles. The molecule has 0 aliphatic heterocycles. The molecule has 0 N–H and O–H groups in total. The summed E-state index contributed by atoms with van der Waals surface area (Å²) in [6, 6.07) is 0. The zero-order valence-electron chi connectivity index (χ0n) is 7.54. The Hall–Kier alpha value is -0.0400. The Balaban J connectivity index is 3.49. The fourth-order valence-corrected chi connectivity index (χ4v) is 1.73. The Kier molecular flexibility index (Phi) is 2.97. The molecular weight excluding hydrogens is 408 g/mol. The summed E-state index contributed by atoms with van der Waals surface area (Å²) in [6.45, 7) is 0. The highest BCUT2D eigenvalue weighted by Gasteiger charge is 3.07. The van der Waals surface area contributed by atoms with Crippen molar-refractivity contribution < 1.29 is 48.3 Å². The first-order chi connectivity index (χ1) is 7.50. The van der Waals surface area contributed by atoms with Crippen LogP contribution in [0.25, 0.3) is 0 Å². The van der Waals surface area contributed by atoms with Crippen molar-refractivity contribution in [2.24, 2.45) is 0 Å². The summed E-state index contributed by atoms with van der Waals surface area (Å²) >= 11 is -0.588. The zero-order chi connectivity index (χ0) is 15.0. The SMILES string of the molecule is FC(F)(I)C(F)(F)C1(F)C(F)(F)C(F)(F)C1(F)F. The molecule has 0 aromatic carbocycles. The molecule has 1 saturated carbocycles. The first kappa shape index (κ1) is 16.0. The lowest BCUT2D eigenvalue weighted by molar-refractivity contribution is -0.513. The highest BCUT2D eigenvalue weighted by molar-refractivity contribution is 14.1. The Morgan fingerprint density at radius 2 is 0.889 bits per heavy atom. The molecule has 0 amide bonds. The Bertz CT molecular complexity index is 348. The van der Waals surface area contributed by atoms with Gasteiger partial charge in [0.15, 0.2) is 0 Å². The van der Waals surface area contributed by atoms with Gasteiger partial charge in [0.05, 0.1) is 0 Å². The summed E-state index contributed by atoms with van der Waals surface area (Å²) in [5.74, 6) is -26.5. The molecule has 1 fully saturated rings. The fraction of sp³-hybridized carbons (Fsp3) is 1.00. The first-order valence-electron chi connectivity index (χ1n) is 3.77. The van der Waals surface area contributed by atoms with Gasteiger partial charge >= 0.3 is 33.3 Å². The van der Waals surface area contributed by atoms with Crippen LogP contribution in [0, 0.1) is 0 Å². The van der Waals surface area contributed by atoms with Crippen LogP contribution in [0.2, 0.25) is 0 Å². The highest BCUT2D eigenvalue weighted by Crippen LogP contribution is 2.74. The molecular formula is C6F11I. The maximum absolute atomic E-state index is 13.0. The second-order valence-electron chi connectivity index (χ2n) is 3.45. The molecule has 0 atom stereocenters. The molecule has 0 radical (unpaired) electrons. The van der Waals surface area contributed by atoms with Crippen molar-refractivity contribution in [2.45, 2.75) is 33.3 Å². The van der Waals surface area contributed by atoms with Crippen molar-refractivity contribution in [1.29, 1.82) is 0 Å². The molecule has 18 heavy (non-hydrogen) atoms. The normalized spacial score (nSPS) is 28.7. The summed E-state index contributed by atoms with van der Waals surface area (Å²) in [5.41, 5.74) is -6.68. The summed E-state index contributed by atoms with van der Waals surface area (Å²) in [6.07, 6.45) is 0. The minimum absolute atomic E-state index is 0.588. The van der Waals surface area contributed by atoms with E-state index in [1.54, 1.807) is 0 Å². The lowest BCUT2D eigenvalue weighted by Crippen LogP contribution is -2.90. The predicted octanol–water partition coefficient (Wildman–Crippen LogP) is 4.28. The van der Waals surface area contributed by atoms with Crippen LogP contribution in [0.3, 0.4) is 0 Å². The van der Waals surface area contributed by atoms with Crippen molar-refractivity contribution in [3.63, 3.8) is 0 Å². The molecule has 1 rings (SSSR count). The first-order valence-corrected chi connectivity index (χ1v) is 4.85. The Labute approximate surface area is 105 Å². The van der Waals surface area contributed by atoms with E-state index in [-0.39, 0.29) is 0 Å². The van der Waals surface area contributed by atoms with Gasteiger partial charge in [-0.2, -0.15) is 43.9 Å². The van der Waals surface area contributed by atoms with Crippen LogP contribution >= 0.6 is 22.6 Å². The smallest absolute Gasteiger partial charge is 0.223 e. The minimum Gasteiger partial charge on any atom is -0.223 e. The number of hydrogen-bond donors (Lipinski definition) is 0. The minimum atomic E-state index is -6.70. The molecule has 0 aromatic rings. The molecule has 1 aliphatic rings. The maximum Gasteiger partial charge on any atom is 0.379 e. The third-order valence-electron chi connectivity index (χ3n) is 2.44. The molecule has 0 saturated heterocycles. The average molecular weight is 408 g/mol. The van der Waals surface area contributed by atoms with Gasteiger partial charge in [-0.1, -0.05) is 0 Å². The van der Waals surface area contributed by atoms with Gasteiger partial charge in [-0.15, -0.1) is 0 Å². The lowest BCUT2D eigenvalue weighted by atomic mass is 9.66. The van der Waals surface area contributed by atoms with E-state index >= 15 is 0 Å². The quantitative estimate of drug-likeness (QED) is 0.364. The Morgan fingerprint density at radius 1 is 0.611 bits per heavy atom. The second-order valence-corrected chi connectivity index (χ2v) is 4.81. The van der Waals surface area contributed by atoms with E-state index in [0.29, 0.717) is 0 Å². The standard InChI is InChI=1S/C6F11I/c7-1(4(12,13)6(16,17)18)2(8,9)5(14,15)3(1,10)11. The molecule has 108 valence electrons. The summed E-state index contributed by atoms with van der Waals surface area (Å²) in [7, 11) is 0. The van der Waals surface area contributed by atoms with Crippen LogP contribution in [0.4, 0.5) is 48.3 Å². The molecule has 12 heteroatoms. The molecule has 0 bridgehead atoms. The van der Waals surface area contributed by atoms with Gasteiger partial charge in [-0.25, -0.2) is 4.39 Å². The maximum atomic E-state index is 13.0. The van der Waals surface area contributed by atoms with E-state index in [0.717, 1.165) is 0 Å². The summed E-state index contributed by atoms with van der Waals surface area (Å²) < 4.78 is 131. The van der Waals surface area contributed by atoms with Crippen molar-refractivity contribution >= 4 is 22.6 Å². The van der Waals surface area contributed by atoms with Crippen LogP contribution in [0.1, 0.15) is 0 Å². The van der Waals surface area contributed by atoms with E-state index < -0.39 is 55.9 Å². The summed E-state index contributed by atoms with van der Waals surface area (Å²) in [4.78, 5) is 0. The molecule has 1 aliphatic carbocycles. The molecule has 0 nitrogen and oxygen atoms in total. The lowest BCUT2D eigenvalue weighted by Gasteiger charge is -2.56. The van der Waals surface area contributed by atoms with Crippen LogP contribution in [0.5, 0.6) is 0 Å². The fourth-order valence-electron chi connectivity index (χ4n) is 1.35. The van der Waals surface area contributed by atoms with Crippen molar-refractivity contribution in [2.75, 3.05) is 0 Å². The molecule has 0 heterocycles. The van der Waals surface area contributed by atoms with Crippen molar-refractivity contribution in [1.82, 2.24) is 0 Å². The largest absolute Gasteiger partial charge is 0.379 e. The molecule has 0 unspecified atom stereocenters. The van der Waals surface area contributed by atoms with E-state index in [9.17, 15) is 48.3 Å². The average Bonchev–Trinajstić information content (AvgIpc) is 2.12. The van der Waals surface area contributed by atoms with E-state index in [4.69, 9.17) is 0 Å². The van der Waals surface area contributed by atoms with Gasteiger partial charge in [0.1, 0.15) is 0 Å². The van der Waals surface area contributed by atoms with Crippen LogP contribution < -0.4 is 0 Å². The third-order valence-corrected chi connectivity index (χ3v) is 3.12. The van der Waals surface area contributed by atoms with Gasteiger partial charge in [0.2, 0.25) is 0 Å². The van der Waals surface area contributed by atoms with E-state index in [2.05, 4.69) is 0 Å². The number of halogens is 12. The van der Waals surface area contributed by atoms with Crippen LogP contribution in [-0.4, -0.2) is 33.3 Å². The number of rotatable bonds is 2. The van der Waals surface area contributed by atoms with Gasteiger partial charge < -0.3 is 0 Å². The van der Waals surface area contributed by atoms with Crippen molar-refractivity contribution in [3.8, 4) is 0 Å². The van der Waals surface area contributed by atoms with E-state index in [1.807, 2.05) is 0 Å². The van der Waals surface area contributed by atoms with Crippen LogP contribution in [-0.2, 0) is 0 Å². The van der Waals surface area contributed by atoms with Gasteiger partial charge in [0.25, 0.3) is 0 Å². The Morgan fingerprint density at radius 3 is 1.11 bits per heavy atom. The molecule has 0 spiro atoms. The van der Waals surface area contributed by atoms with E-state index in [1.165, 1.54) is 0 Å². The predicted molar refractivity (Wildman–Crippen MR) is 42.6 cm³/mol. The highest BCUT2D eigenvalue weighted by atomic mass is 127. The van der Waals surface area contributed by atoms with Gasteiger partial charge in [-0.3, -0.25) is 0 Å². The number of alkyl halides is 12. The third kappa shape index (κ3) is 1.23. The van der Waals surface area contributed by atoms with Crippen LogP contribution in [0.15, 0.2) is 0 Å². The van der Waals surface area contributed by atoms with Crippen molar-refractivity contribution in [3.05, 3.63) is 0 Å². The topological polar surface area (TPSA) is 0 Å².